The maximum absolute atomic E-state index is 11.8. The highest BCUT2D eigenvalue weighted by Gasteiger charge is 2.33. The fourth-order valence-corrected chi connectivity index (χ4v) is 2.52. The Balaban J connectivity index is 1.96. The highest BCUT2D eigenvalue weighted by Crippen LogP contribution is 2.33. The lowest BCUT2D eigenvalue weighted by atomic mass is 10.1. The van der Waals surface area contributed by atoms with Crippen molar-refractivity contribution in [3.05, 3.63) is 23.3 Å². The Morgan fingerprint density at radius 1 is 1.47 bits per heavy atom. The number of anilines is 2. The molecule has 1 fully saturated rings. The van der Waals surface area contributed by atoms with Gasteiger partial charge in [-0.25, -0.2) is 4.79 Å². The van der Waals surface area contributed by atoms with Crippen molar-refractivity contribution in [2.75, 3.05) is 23.3 Å². The van der Waals surface area contributed by atoms with Crippen molar-refractivity contribution in [2.24, 2.45) is 5.73 Å². The van der Waals surface area contributed by atoms with Gasteiger partial charge >= 0.3 is 6.09 Å². The maximum Gasteiger partial charge on any atom is 0.414 e. The van der Waals surface area contributed by atoms with Gasteiger partial charge in [0.2, 0.25) is 5.91 Å². The van der Waals surface area contributed by atoms with Crippen LogP contribution in [0.15, 0.2) is 12.1 Å². The molecule has 1 atom stereocenters. The zero-order valence-electron chi connectivity index (χ0n) is 10.6. The van der Waals surface area contributed by atoms with Crippen LogP contribution in [-0.4, -0.2) is 31.2 Å². The third kappa shape index (κ3) is 1.94. The molecule has 6 heteroatoms. The summed E-state index contributed by atoms with van der Waals surface area (Å²) in [5, 5.41) is 2.79. The minimum Gasteiger partial charge on any atom is -0.443 e. The van der Waals surface area contributed by atoms with E-state index in [1.54, 1.807) is 4.90 Å². The van der Waals surface area contributed by atoms with Crippen molar-refractivity contribution in [3.8, 4) is 0 Å². The van der Waals surface area contributed by atoms with E-state index < -0.39 is 0 Å². The van der Waals surface area contributed by atoms with E-state index in [2.05, 4.69) is 5.32 Å². The van der Waals surface area contributed by atoms with E-state index in [-0.39, 0.29) is 18.1 Å². The van der Waals surface area contributed by atoms with Gasteiger partial charge < -0.3 is 15.8 Å². The number of carbonyl (C=O) groups is 2. The number of nitrogens with two attached hydrogens (primary N) is 1. The molecular weight excluding hydrogens is 246 g/mol. The van der Waals surface area contributed by atoms with Crippen molar-refractivity contribution in [3.63, 3.8) is 0 Å². The van der Waals surface area contributed by atoms with E-state index in [0.717, 1.165) is 22.5 Å². The summed E-state index contributed by atoms with van der Waals surface area (Å²) < 4.78 is 5.15. The molecule has 6 nitrogen and oxygen atoms in total. The Labute approximate surface area is 110 Å². The first-order chi connectivity index (χ1) is 9.08. The van der Waals surface area contributed by atoms with E-state index in [4.69, 9.17) is 10.5 Å². The van der Waals surface area contributed by atoms with Crippen molar-refractivity contribution in [1.82, 2.24) is 0 Å². The number of benzene rings is 1. The summed E-state index contributed by atoms with van der Waals surface area (Å²) in [7, 11) is 0. The second-order valence-corrected chi connectivity index (χ2v) is 4.87. The van der Waals surface area contributed by atoms with Crippen LogP contribution in [0.4, 0.5) is 16.2 Å². The average molecular weight is 261 g/mol. The van der Waals surface area contributed by atoms with Gasteiger partial charge in [-0.15, -0.1) is 0 Å². The molecule has 2 aliphatic heterocycles. The summed E-state index contributed by atoms with van der Waals surface area (Å²) in [6.07, 6.45) is -0.260. The van der Waals surface area contributed by atoms with E-state index in [1.165, 1.54) is 0 Å². The molecule has 0 spiro atoms. The van der Waals surface area contributed by atoms with Gasteiger partial charge in [0.1, 0.15) is 6.10 Å². The molecule has 1 aromatic carbocycles. The highest BCUT2D eigenvalue weighted by molar-refractivity contribution is 6.01. The van der Waals surface area contributed by atoms with Gasteiger partial charge in [-0.2, -0.15) is 0 Å². The summed E-state index contributed by atoms with van der Waals surface area (Å²) in [6.45, 7) is 2.67. The summed E-state index contributed by atoms with van der Waals surface area (Å²) in [5.74, 6) is -0.0182. The van der Waals surface area contributed by atoms with Crippen molar-refractivity contribution in [2.45, 2.75) is 19.4 Å². The Hall–Kier alpha value is -2.08. The zero-order chi connectivity index (χ0) is 13.6. The summed E-state index contributed by atoms with van der Waals surface area (Å²) in [5.41, 5.74) is 8.98. The second-order valence-electron chi connectivity index (χ2n) is 4.87. The van der Waals surface area contributed by atoms with Gasteiger partial charge in [-0.3, -0.25) is 9.69 Å². The number of aryl methyl sites for hydroxylation is 1. The molecular formula is C13H15N3O3. The Morgan fingerprint density at radius 3 is 2.95 bits per heavy atom. The summed E-state index contributed by atoms with van der Waals surface area (Å²) in [4.78, 5) is 24.8. The maximum atomic E-state index is 11.8. The van der Waals surface area contributed by atoms with E-state index in [0.29, 0.717) is 19.5 Å². The molecule has 3 N–H and O–H groups in total. The predicted molar refractivity (Wildman–Crippen MR) is 70.2 cm³/mol. The number of hydrogen-bond acceptors (Lipinski definition) is 4. The Kier molecular flexibility index (Phi) is 2.67. The van der Waals surface area contributed by atoms with Crippen molar-refractivity contribution < 1.29 is 14.3 Å². The number of hydrogen-bond donors (Lipinski definition) is 2. The molecule has 2 heterocycles. The summed E-state index contributed by atoms with van der Waals surface area (Å²) >= 11 is 0. The SMILES string of the molecule is Cc1cc2c(cc1N1C[C@@H](CN)OC1=O)NC(=O)C2. The van der Waals surface area contributed by atoms with Crippen LogP contribution in [0, 0.1) is 6.92 Å². The van der Waals surface area contributed by atoms with Gasteiger partial charge in [0.05, 0.1) is 18.7 Å². The molecule has 100 valence electrons. The fraction of sp³-hybridized carbons (Fsp3) is 0.385. The summed E-state index contributed by atoms with van der Waals surface area (Å²) in [6, 6.07) is 3.77. The Bertz CT molecular complexity index is 570. The number of cyclic esters (lactones) is 1. The number of ether oxygens (including phenoxy) is 1. The largest absolute Gasteiger partial charge is 0.443 e. The van der Waals surface area contributed by atoms with Gasteiger partial charge in [-0.1, -0.05) is 6.07 Å². The van der Waals surface area contributed by atoms with E-state index in [9.17, 15) is 9.59 Å². The predicted octanol–water partition coefficient (Wildman–Crippen LogP) is 0.774. The van der Waals surface area contributed by atoms with Gasteiger partial charge in [0.25, 0.3) is 0 Å². The molecule has 2 amide bonds. The fourth-order valence-electron chi connectivity index (χ4n) is 2.52. The smallest absolute Gasteiger partial charge is 0.414 e. The molecule has 1 saturated heterocycles. The number of rotatable bonds is 2. The van der Waals surface area contributed by atoms with Crippen LogP contribution in [0.25, 0.3) is 0 Å². The van der Waals surface area contributed by atoms with Crippen molar-refractivity contribution >= 4 is 23.4 Å². The van der Waals surface area contributed by atoms with Crippen LogP contribution in [0.3, 0.4) is 0 Å². The molecule has 0 aliphatic carbocycles. The molecule has 1 aromatic rings. The second kappa shape index (κ2) is 4.24. The van der Waals surface area contributed by atoms with Crippen LogP contribution in [0.2, 0.25) is 0 Å². The minimum absolute atomic E-state index is 0.0182. The monoisotopic (exact) mass is 261 g/mol. The lowest BCUT2D eigenvalue weighted by molar-refractivity contribution is -0.115. The topological polar surface area (TPSA) is 84.7 Å². The zero-order valence-corrected chi connectivity index (χ0v) is 10.6. The van der Waals surface area contributed by atoms with E-state index >= 15 is 0 Å². The first kappa shape index (κ1) is 12.0. The third-order valence-corrected chi connectivity index (χ3v) is 3.47. The first-order valence-corrected chi connectivity index (χ1v) is 6.20. The van der Waals surface area contributed by atoms with Gasteiger partial charge in [0.15, 0.2) is 0 Å². The standard InChI is InChI=1S/C13H15N3O3/c1-7-2-8-3-12(17)15-10(8)4-11(7)16-6-9(5-14)19-13(16)18/h2,4,9H,3,5-6,14H2,1H3,(H,15,17)/t9-/m1/s1. The number of nitrogens with zero attached hydrogens (tertiary/aromatic N) is 1. The molecule has 0 unspecified atom stereocenters. The molecule has 0 radical (unpaired) electrons. The van der Waals surface area contributed by atoms with Crippen molar-refractivity contribution in [1.29, 1.82) is 0 Å². The number of fused-ring (bicyclic) bond motifs is 1. The molecule has 19 heavy (non-hydrogen) atoms. The lowest BCUT2D eigenvalue weighted by Crippen LogP contribution is -2.28. The van der Waals surface area contributed by atoms with E-state index in [1.807, 2.05) is 19.1 Å². The highest BCUT2D eigenvalue weighted by atomic mass is 16.6. The third-order valence-electron chi connectivity index (χ3n) is 3.47. The number of amides is 2. The normalized spacial score (nSPS) is 21.4. The van der Waals surface area contributed by atoms with Crippen LogP contribution in [0.1, 0.15) is 11.1 Å². The van der Waals surface area contributed by atoms with Gasteiger partial charge in [-0.05, 0) is 24.1 Å². The number of nitrogens with one attached hydrogen (secondary N) is 1. The Morgan fingerprint density at radius 2 is 2.26 bits per heavy atom. The van der Waals surface area contributed by atoms with Crippen LogP contribution >= 0.6 is 0 Å². The molecule has 3 rings (SSSR count). The number of carbonyl (C=O) groups excluding carboxylic acids is 2. The first-order valence-electron chi connectivity index (χ1n) is 6.20. The molecule has 0 bridgehead atoms. The van der Waals surface area contributed by atoms with Crippen LogP contribution in [-0.2, 0) is 16.0 Å². The molecule has 0 saturated carbocycles. The van der Waals surface area contributed by atoms with Crippen LogP contribution in [0.5, 0.6) is 0 Å². The molecule has 0 aromatic heterocycles. The lowest BCUT2D eigenvalue weighted by Gasteiger charge is -2.17. The minimum atomic E-state index is -0.386. The quantitative estimate of drug-likeness (QED) is 0.823. The van der Waals surface area contributed by atoms with Crippen LogP contribution < -0.4 is 16.0 Å². The molecule has 2 aliphatic rings. The average Bonchev–Trinajstić information content (AvgIpc) is 2.90. The van der Waals surface area contributed by atoms with Gasteiger partial charge in [0, 0.05) is 12.2 Å².